The van der Waals surface area contributed by atoms with E-state index in [1.54, 1.807) is 12.1 Å². The predicted molar refractivity (Wildman–Crippen MR) is 79.4 cm³/mol. The van der Waals surface area contributed by atoms with Gasteiger partial charge in [0.05, 0.1) is 6.42 Å². The summed E-state index contributed by atoms with van der Waals surface area (Å²) in [5.41, 5.74) is 1.79. The minimum Gasteiger partial charge on any atom is -0.508 e. The van der Waals surface area contributed by atoms with Crippen molar-refractivity contribution >= 4 is 5.97 Å². The molecule has 22 heavy (non-hydrogen) atoms. The van der Waals surface area contributed by atoms with Gasteiger partial charge >= 0.3 is 5.97 Å². The van der Waals surface area contributed by atoms with E-state index < -0.39 is 5.97 Å². The predicted octanol–water partition coefficient (Wildman–Crippen LogP) is 2.81. The average molecular weight is 300 g/mol. The molecule has 3 N–H and O–H groups in total. The summed E-state index contributed by atoms with van der Waals surface area (Å²) < 4.78 is 5.28. The summed E-state index contributed by atoms with van der Waals surface area (Å²) in [4.78, 5) is 11.9. The van der Waals surface area contributed by atoms with Gasteiger partial charge in [-0.2, -0.15) is 0 Å². The summed E-state index contributed by atoms with van der Waals surface area (Å²) in [6.07, 6.45) is 0.573. The number of phenolic OH excluding ortho intramolecular Hbond substituents is 3. The van der Waals surface area contributed by atoms with E-state index in [4.69, 9.17) is 4.74 Å². The van der Waals surface area contributed by atoms with E-state index in [0.717, 1.165) is 5.56 Å². The fourth-order valence-corrected chi connectivity index (χ4v) is 2.90. The van der Waals surface area contributed by atoms with Crippen LogP contribution in [-0.2, 0) is 11.2 Å². The molecule has 2 aromatic carbocycles. The number of hydrogen-bond acceptors (Lipinski definition) is 5. The molecule has 1 atom stereocenters. The molecule has 1 aliphatic rings. The van der Waals surface area contributed by atoms with Crippen molar-refractivity contribution in [1.82, 2.24) is 0 Å². The maximum atomic E-state index is 11.9. The van der Waals surface area contributed by atoms with Gasteiger partial charge in [-0.25, -0.2) is 0 Å². The van der Waals surface area contributed by atoms with Gasteiger partial charge in [-0.1, -0.05) is 19.1 Å². The third-order valence-electron chi connectivity index (χ3n) is 3.96. The molecule has 5 nitrogen and oxygen atoms in total. The van der Waals surface area contributed by atoms with Crippen LogP contribution < -0.4 is 4.74 Å². The summed E-state index contributed by atoms with van der Waals surface area (Å²) in [6, 6.07) is 7.77. The van der Waals surface area contributed by atoms with Gasteiger partial charge in [-0.3, -0.25) is 4.79 Å². The Balaban J connectivity index is 2.21. The highest BCUT2D eigenvalue weighted by molar-refractivity contribution is 5.80. The van der Waals surface area contributed by atoms with E-state index in [2.05, 4.69) is 0 Å². The van der Waals surface area contributed by atoms with Crippen molar-refractivity contribution in [3.8, 4) is 23.0 Å². The number of carbonyl (C=O) groups is 1. The molecule has 0 saturated heterocycles. The molecule has 0 saturated carbocycles. The maximum absolute atomic E-state index is 11.9. The SMILES string of the molecule is CCc1c(O)cc(O)c2c1OC(=O)CC2c1ccc(O)cc1. The second-order valence-corrected chi connectivity index (χ2v) is 5.31. The van der Waals surface area contributed by atoms with Gasteiger partial charge in [0.25, 0.3) is 0 Å². The molecule has 0 spiro atoms. The highest BCUT2D eigenvalue weighted by atomic mass is 16.5. The molecule has 0 bridgehead atoms. The van der Waals surface area contributed by atoms with Crippen LogP contribution in [0.1, 0.15) is 36.0 Å². The summed E-state index contributed by atoms with van der Waals surface area (Å²) in [6.45, 7) is 1.84. The zero-order valence-corrected chi connectivity index (χ0v) is 12.0. The van der Waals surface area contributed by atoms with E-state index in [-0.39, 0.29) is 35.3 Å². The maximum Gasteiger partial charge on any atom is 0.312 e. The third kappa shape index (κ3) is 2.24. The van der Waals surface area contributed by atoms with Crippen LogP contribution in [0.3, 0.4) is 0 Å². The molecule has 0 fully saturated rings. The molecule has 3 rings (SSSR count). The van der Waals surface area contributed by atoms with E-state index in [0.29, 0.717) is 17.5 Å². The number of fused-ring (bicyclic) bond motifs is 1. The highest BCUT2D eigenvalue weighted by Gasteiger charge is 2.33. The minimum absolute atomic E-state index is 0.0853. The van der Waals surface area contributed by atoms with Crippen LogP contribution in [0.5, 0.6) is 23.0 Å². The van der Waals surface area contributed by atoms with Crippen LogP contribution in [0, 0.1) is 0 Å². The molecule has 0 aromatic heterocycles. The summed E-state index contributed by atoms with van der Waals surface area (Å²) in [7, 11) is 0. The molecule has 2 aromatic rings. The Kier molecular flexibility index (Phi) is 3.41. The lowest BCUT2D eigenvalue weighted by atomic mass is 9.84. The number of phenols is 3. The monoisotopic (exact) mass is 300 g/mol. The summed E-state index contributed by atoms with van der Waals surface area (Å²) >= 11 is 0. The second kappa shape index (κ2) is 5.26. The number of carbonyl (C=O) groups excluding carboxylic acids is 1. The van der Waals surface area contributed by atoms with Gasteiger partial charge in [0.2, 0.25) is 0 Å². The molecule has 5 heteroatoms. The van der Waals surface area contributed by atoms with Crippen molar-refractivity contribution < 1.29 is 24.9 Å². The van der Waals surface area contributed by atoms with E-state index >= 15 is 0 Å². The Morgan fingerprint density at radius 2 is 1.82 bits per heavy atom. The first-order chi connectivity index (χ1) is 10.5. The Hall–Kier alpha value is -2.69. The molecule has 1 heterocycles. The Morgan fingerprint density at radius 1 is 1.14 bits per heavy atom. The van der Waals surface area contributed by atoms with Gasteiger partial charge in [0.1, 0.15) is 23.0 Å². The average Bonchev–Trinajstić information content (AvgIpc) is 2.47. The minimum atomic E-state index is -0.412. The molecular weight excluding hydrogens is 284 g/mol. The Labute approximate surface area is 127 Å². The van der Waals surface area contributed by atoms with Gasteiger partial charge in [0, 0.05) is 23.1 Å². The largest absolute Gasteiger partial charge is 0.508 e. The molecule has 1 aliphatic heterocycles. The topological polar surface area (TPSA) is 87.0 Å². The van der Waals surface area contributed by atoms with Crippen molar-refractivity contribution in [2.45, 2.75) is 25.7 Å². The van der Waals surface area contributed by atoms with Crippen molar-refractivity contribution in [3.05, 3.63) is 47.0 Å². The van der Waals surface area contributed by atoms with Gasteiger partial charge < -0.3 is 20.1 Å². The number of ether oxygens (including phenoxy) is 1. The first kappa shape index (κ1) is 14.3. The van der Waals surface area contributed by atoms with Crippen LogP contribution in [0.4, 0.5) is 0 Å². The lowest BCUT2D eigenvalue weighted by Crippen LogP contribution is -2.22. The molecule has 0 radical (unpaired) electrons. The van der Waals surface area contributed by atoms with Gasteiger partial charge in [-0.15, -0.1) is 0 Å². The Morgan fingerprint density at radius 3 is 2.45 bits per heavy atom. The molecule has 0 amide bonds. The second-order valence-electron chi connectivity index (χ2n) is 5.31. The van der Waals surface area contributed by atoms with Crippen LogP contribution in [0.2, 0.25) is 0 Å². The van der Waals surface area contributed by atoms with Crippen LogP contribution >= 0.6 is 0 Å². The van der Waals surface area contributed by atoms with Crippen molar-refractivity contribution in [3.63, 3.8) is 0 Å². The fourth-order valence-electron chi connectivity index (χ4n) is 2.90. The lowest BCUT2D eigenvalue weighted by molar-refractivity contribution is -0.135. The molecule has 0 aliphatic carbocycles. The summed E-state index contributed by atoms with van der Waals surface area (Å²) in [5.74, 6) is -0.595. The van der Waals surface area contributed by atoms with Crippen molar-refractivity contribution in [2.75, 3.05) is 0 Å². The number of benzene rings is 2. The fraction of sp³-hybridized carbons (Fsp3) is 0.235. The number of esters is 1. The van der Waals surface area contributed by atoms with Gasteiger partial charge in [-0.05, 0) is 24.1 Å². The van der Waals surface area contributed by atoms with Crippen LogP contribution in [0.25, 0.3) is 0 Å². The highest BCUT2D eigenvalue weighted by Crippen LogP contribution is 2.48. The van der Waals surface area contributed by atoms with Crippen molar-refractivity contribution in [1.29, 1.82) is 0 Å². The number of rotatable bonds is 2. The molecule has 1 unspecified atom stereocenters. The number of aromatic hydroxyl groups is 3. The van der Waals surface area contributed by atoms with E-state index in [9.17, 15) is 20.1 Å². The van der Waals surface area contributed by atoms with E-state index in [1.807, 2.05) is 6.92 Å². The first-order valence-corrected chi connectivity index (χ1v) is 7.08. The lowest BCUT2D eigenvalue weighted by Gasteiger charge is -2.27. The zero-order chi connectivity index (χ0) is 15.9. The van der Waals surface area contributed by atoms with Gasteiger partial charge in [0.15, 0.2) is 0 Å². The molecular formula is C17H16O5. The Bertz CT molecular complexity index is 734. The first-order valence-electron chi connectivity index (χ1n) is 7.08. The zero-order valence-electron chi connectivity index (χ0n) is 12.0. The van der Waals surface area contributed by atoms with Crippen molar-refractivity contribution in [2.24, 2.45) is 0 Å². The standard InChI is InChI=1S/C17H16O5/c1-2-11-13(19)8-14(20)16-12(7-15(21)22-17(11)16)9-3-5-10(18)6-4-9/h3-6,8,12,18-20H,2,7H2,1H3. The normalized spacial score (nSPS) is 17.0. The van der Waals surface area contributed by atoms with Crippen LogP contribution in [0.15, 0.2) is 30.3 Å². The van der Waals surface area contributed by atoms with Crippen LogP contribution in [-0.4, -0.2) is 21.3 Å². The summed E-state index contributed by atoms with van der Waals surface area (Å²) in [5, 5.41) is 29.6. The third-order valence-corrected chi connectivity index (χ3v) is 3.96. The quantitative estimate of drug-likeness (QED) is 0.586. The molecule has 114 valence electrons. The smallest absolute Gasteiger partial charge is 0.312 e. The van der Waals surface area contributed by atoms with E-state index in [1.165, 1.54) is 18.2 Å². The number of hydrogen-bond donors (Lipinski definition) is 3.